The van der Waals surface area contributed by atoms with Crippen molar-refractivity contribution in [2.45, 2.75) is 39.5 Å². The van der Waals surface area contributed by atoms with E-state index in [1.807, 2.05) is 19.9 Å². The largest absolute Gasteiger partial charge is 0.392 e. The summed E-state index contributed by atoms with van der Waals surface area (Å²) in [6, 6.07) is 5.43. The minimum atomic E-state index is -0.427. The Hall–Kier alpha value is -1.66. The Morgan fingerprint density at radius 3 is 2.50 bits per heavy atom. The average molecular weight is 281 g/mol. The van der Waals surface area contributed by atoms with Crippen molar-refractivity contribution in [3.05, 3.63) is 33.9 Å². The first-order valence-corrected chi connectivity index (χ1v) is 6.72. The smallest absolute Gasteiger partial charge is 0.292 e. The van der Waals surface area contributed by atoms with Gasteiger partial charge >= 0.3 is 0 Å². The zero-order chi connectivity index (χ0) is 15.3. The summed E-state index contributed by atoms with van der Waals surface area (Å²) < 4.78 is 0. The normalized spacial score (nSPS) is 12.8. The lowest BCUT2D eigenvalue weighted by Gasteiger charge is -2.27. The molecule has 0 aromatic heterocycles. The minimum absolute atomic E-state index is 0.0748. The molecule has 0 bridgehead atoms. The van der Waals surface area contributed by atoms with Crippen LogP contribution in [0.2, 0.25) is 0 Å². The van der Waals surface area contributed by atoms with Crippen LogP contribution < -0.4 is 5.32 Å². The summed E-state index contributed by atoms with van der Waals surface area (Å²) in [6.07, 6.45) is -0.427. The molecule has 0 amide bonds. The van der Waals surface area contributed by atoms with Gasteiger partial charge in [0, 0.05) is 32.2 Å². The second-order valence-corrected chi connectivity index (χ2v) is 5.23. The van der Waals surface area contributed by atoms with E-state index in [1.165, 1.54) is 0 Å². The average Bonchev–Trinajstić information content (AvgIpc) is 2.37. The molecule has 1 rings (SSSR count). The molecule has 0 aliphatic heterocycles. The van der Waals surface area contributed by atoms with Gasteiger partial charge in [0.05, 0.1) is 11.0 Å². The molecule has 0 heterocycles. The van der Waals surface area contributed by atoms with Gasteiger partial charge in [-0.2, -0.15) is 0 Å². The molecule has 2 N–H and O–H groups in total. The number of nitro groups is 1. The lowest BCUT2D eigenvalue weighted by atomic mass is 10.1. The number of nitrogens with zero attached hydrogens (tertiary/aromatic N) is 2. The van der Waals surface area contributed by atoms with Gasteiger partial charge in [-0.25, -0.2) is 0 Å². The fraction of sp³-hybridized carbons (Fsp3) is 0.571. The summed E-state index contributed by atoms with van der Waals surface area (Å²) >= 11 is 0. The zero-order valence-electron chi connectivity index (χ0n) is 12.5. The van der Waals surface area contributed by atoms with Gasteiger partial charge in [-0.15, -0.1) is 0 Å². The standard InChI is InChI=1S/C14H23N3O3/c1-10(2)16(8-11(3)18)9-12-5-6-13(15-4)14(7-12)17(19)20/h5-7,10-11,15,18H,8-9H2,1-4H3. The van der Waals surface area contributed by atoms with Gasteiger partial charge in [0.2, 0.25) is 0 Å². The number of aliphatic hydroxyl groups excluding tert-OH is 1. The molecule has 20 heavy (non-hydrogen) atoms. The van der Waals surface area contributed by atoms with Gasteiger partial charge in [-0.05, 0) is 32.4 Å². The van der Waals surface area contributed by atoms with Gasteiger partial charge in [0.1, 0.15) is 5.69 Å². The topological polar surface area (TPSA) is 78.6 Å². The fourth-order valence-electron chi connectivity index (χ4n) is 2.07. The summed E-state index contributed by atoms with van der Waals surface area (Å²) in [5, 5.41) is 23.4. The van der Waals surface area contributed by atoms with Crippen LogP contribution in [0.3, 0.4) is 0 Å². The Kier molecular flexibility index (Phi) is 5.91. The third-order valence-corrected chi connectivity index (χ3v) is 3.14. The van der Waals surface area contributed by atoms with Crippen molar-refractivity contribution in [3.8, 4) is 0 Å². The van der Waals surface area contributed by atoms with Crippen LogP contribution in [0.4, 0.5) is 11.4 Å². The van der Waals surface area contributed by atoms with E-state index in [1.54, 1.807) is 26.1 Å². The van der Waals surface area contributed by atoms with E-state index in [9.17, 15) is 15.2 Å². The van der Waals surface area contributed by atoms with E-state index in [2.05, 4.69) is 10.2 Å². The van der Waals surface area contributed by atoms with E-state index in [-0.39, 0.29) is 16.7 Å². The lowest BCUT2D eigenvalue weighted by molar-refractivity contribution is -0.384. The van der Waals surface area contributed by atoms with Crippen LogP contribution in [0.1, 0.15) is 26.3 Å². The van der Waals surface area contributed by atoms with Crippen LogP contribution in [0.15, 0.2) is 18.2 Å². The number of hydrogen-bond donors (Lipinski definition) is 2. The number of nitrogens with one attached hydrogen (secondary N) is 1. The Labute approximate surface area is 119 Å². The number of rotatable bonds is 7. The highest BCUT2D eigenvalue weighted by molar-refractivity contribution is 5.62. The Morgan fingerprint density at radius 1 is 1.40 bits per heavy atom. The highest BCUT2D eigenvalue weighted by Gasteiger charge is 2.17. The molecule has 1 atom stereocenters. The van der Waals surface area contributed by atoms with Gasteiger partial charge in [0.15, 0.2) is 0 Å². The van der Waals surface area contributed by atoms with Gasteiger partial charge in [-0.3, -0.25) is 15.0 Å². The fourth-order valence-corrected chi connectivity index (χ4v) is 2.07. The zero-order valence-corrected chi connectivity index (χ0v) is 12.5. The predicted octanol–water partition coefficient (Wildman–Crippen LogP) is 2.23. The van der Waals surface area contributed by atoms with Gasteiger partial charge in [0.25, 0.3) is 5.69 Å². The number of nitro benzene ring substituents is 1. The first kappa shape index (κ1) is 16.4. The van der Waals surface area contributed by atoms with Crippen molar-refractivity contribution in [2.75, 3.05) is 18.9 Å². The number of benzene rings is 1. The molecule has 0 fully saturated rings. The quantitative estimate of drug-likeness (QED) is 0.592. The maximum Gasteiger partial charge on any atom is 0.292 e. The number of anilines is 1. The second kappa shape index (κ2) is 7.21. The summed E-state index contributed by atoms with van der Waals surface area (Å²) in [5.41, 5.74) is 1.45. The molecule has 1 unspecified atom stereocenters. The van der Waals surface area contributed by atoms with Crippen molar-refractivity contribution >= 4 is 11.4 Å². The van der Waals surface area contributed by atoms with Crippen LogP contribution in [0.25, 0.3) is 0 Å². The van der Waals surface area contributed by atoms with E-state index in [0.29, 0.717) is 18.8 Å². The SMILES string of the molecule is CNc1ccc(CN(CC(C)O)C(C)C)cc1[N+](=O)[O-]. The predicted molar refractivity (Wildman–Crippen MR) is 79.9 cm³/mol. The first-order valence-electron chi connectivity index (χ1n) is 6.72. The molecule has 0 aliphatic rings. The molecule has 0 saturated heterocycles. The minimum Gasteiger partial charge on any atom is -0.392 e. The molecule has 6 heteroatoms. The van der Waals surface area contributed by atoms with E-state index in [4.69, 9.17) is 0 Å². The number of hydrogen-bond acceptors (Lipinski definition) is 5. The molecule has 0 radical (unpaired) electrons. The third kappa shape index (κ3) is 4.47. The van der Waals surface area contributed by atoms with Gasteiger partial charge in [-0.1, -0.05) is 6.07 Å². The molecule has 6 nitrogen and oxygen atoms in total. The highest BCUT2D eigenvalue weighted by Crippen LogP contribution is 2.25. The van der Waals surface area contributed by atoms with Crippen molar-refractivity contribution in [2.24, 2.45) is 0 Å². The summed E-state index contributed by atoms with van der Waals surface area (Å²) in [5.74, 6) is 0. The molecule has 1 aromatic rings. The van der Waals surface area contributed by atoms with Crippen LogP contribution in [0.5, 0.6) is 0 Å². The third-order valence-electron chi connectivity index (χ3n) is 3.14. The Morgan fingerprint density at radius 2 is 2.05 bits per heavy atom. The molecular formula is C14H23N3O3. The maximum atomic E-state index is 11.0. The Bertz CT molecular complexity index is 461. The summed E-state index contributed by atoms with van der Waals surface area (Å²) in [7, 11) is 1.66. The van der Waals surface area contributed by atoms with Crippen LogP contribution in [-0.4, -0.2) is 40.7 Å². The molecule has 0 saturated carbocycles. The summed E-state index contributed by atoms with van der Waals surface area (Å²) in [6.45, 7) is 6.94. The van der Waals surface area contributed by atoms with Crippen molar-refractivity contribution in [1.82, 2.24) is 4.90 Å². The summed E-state index contributed by atoms with van der Waals surface area (Å²) in [4.78, 5) is 12.7. The van der Waals surface area contributed by atoms with Crippen LogP contribution >= 0.6 is 0 Å². The van der Waals surface area contributed by atoms with E-state index in [0.717, 1.165) is 5.56 Å². The van der Waals surface area contributed by atoms with Gasteiger partial charge < -0.3 is 10.4 Å². The Balaban J connectivity index is 2.96. The van der Waals surface area contributed by atoms with Crippen LogP contribution in [-0.2, 0) is 6.54 Å². The van der Waals surface area contributed by atoms with Crippen LogP contribution in [0, 0.1) is 10.1 Å². The monoisotopic (exact) mass is 281 g/mol. The highest BCUT2D eigenvalue weighted by atomic mass is 16.6. The number of aliphatic hydroxyl groups is 1. The van der Waals surface area contributed by atoms with E-state index < -0.39 is 6.10 Å². The van der Waals surface area contributed by atoms with E-state index >= 15 is 0 Å². The molecule has 1 aromatic carbocycles. The first-order chi connectivity index (χ1) is 9.35. The van der Waals surface area contributed by atoms with Crippen molar-refractivity contribution in [1.29, 1.82) is 0 Å². The molecule has 0 aliphatic carbocycles. The lowest BCUT2D eigenvalue weighted by Crippen LogP contribution is -2.36. The second-order valence-electron chi connectivity index (χ2n) is 5.23. The van der Waals surface area contributed by atoms with Crippen molar-refractivity contribution < 1.29 is 10.0 Å². The maximum absolute atomic E-state index is 11.0. The molecule has 112 valence electrons. The molecular weight excluding hydrogens is 258 g/mol. The molecule has 0 spiro atoms. The van der Waals surface area contributed by atoms with Crippen molar-refractivity contribution in [3.63, 3.8) is 0 Å².